The standard InChI is InChI=1S/C20H26O4S2/c21-17(13-15-5-2-1-3-6-15)9-7-16-8-10-18(22)20(16)26-12-4-11-25-14-19(23)24/h1-3,5-7,9,16-17,20-21H,4,8,10-14H2,(H,23,24)/b9-7+/t16?,17-,20+/m0/s1. The van der Waals surface area contributed by atoms with Gasteiger partial charge in [-0.15, -0.1) is 11.8 Å². The summed E-state index contributed by atoms with van der Waals surface area (Å²) in [4.78, 5) is 22.6. The molecule has 0 bridgehead atoms. The van der Waals surface area contributed by atoms with Gasteiger partial charge in [-0.1, -0.05) is 42.5 Å². The second-order valence-corrected chi connectivity index (χ2v) is 8.76. The molecule has 1 aliphatic carbocycles. The fourth-order valence-corrected chi connectivity index (χ4v) is 5.17. The van der Waals surface area contributed by atoms with E-state index in [0.29, 0.717) is 18.6 Å². The minimum Gasteiger partial charge on any atom is -0.481 e. The lowest BCUT2D eigenvalue weighted by atomic mass is 10.0. The molecule has 0 aliphatic heterocycles. The van der Waals surface area contributed by atoms with E-state index in [4.69, 9.17) is 5.11 Å². The van der Waals surface area contributed by atoms with E-state index in [0.717, 1.165) is 29.9 Å². The molecule has 0 heterocycles. The number of hydrogen-bond donors (Lipinski definition) is 2. The summed E-state index contributed by atoms with van der Waals surface area (Å²) >= 11 is 3.09. The molecule has 1 aromatic rings. The Hall–Kier alpha value is -1.24. The summed E-state index contributed by atoms with van der Waals surface area (Å²) in [5, 5.41) is 18.8. The summed E-state index contributed by atoms with van der Waals surface area (Å²) in [7, 11) is 0. The van der Waals surface area contributed by atoms with Crippen molar-refractivity contribution in [2.75, 3.05) is 17.3 Å². The van der Waals surface area contributed by atoms with Crippen LogP contribution in [0.25, 0.3) is 0 Å². The Kier molecular flexibility index (Phi) is 9.29. The molecule has 3 atom stereocenters. The molecule has 0 radical (unpaired) electrons. The lowest BCUT2D eigenvalue weighted by molar-refractivity contribution is -0.133. The third-order valence-electron chi connectivity index (χ3n) is 4.25. The lowest BCUT2D eigenvalue weighted by Gasteiger charge is -2.15. The zero-order valence-electron chi connectivity index (χ0n) is 14.8. The molecule has 0 saturated heterocycles. The highest BCUT2D eigenvalue weighted by molar-refractivity contribution is 8.01. The molecule has 1 aliphatic rings. The number of aliphatic hydroxyl groups is 1. The van der Waals surface area contributed by atoms with Gasteiger partial charge < -0.3 is 10.2 Å². The van der Waals surface area contributed by atoms with Crippen LogP contribution < -0.4 is 0 Å². The maximum atomic E-state index is 12.1. The normalized spacial score (nSPS) is 21.3. The van der Waals surface area contributed by atoms with E-state index in [-0.39, 0.29) is 16.9 Å². The average molecular weight is 395 g/mol. The molecule has 26 heavy (non-hydrogen) atoms. The maximum absolute atomic E-state index is 12.1. The van der Waals surface area contributed by atoms with Crippen LogP contribution in [0, 0.1) is 5.92 Å². The second-order valence-electron chi connectivity index (χ2n) is 6.40. The Bertz CT molecular complexity index is 603. The maximum Gasteiger partial charge on any atom is 0.313 e. The molecule has 0 aromatic heterocycles. The Morgan fingerprint density at radius 2 is 2.04 bits per heavy atom. The van der Waals surface area contributed by atoms with E-state index in [9.17, 15) is 14.7 Å². The number of carboxylic acid groups (broad SMARTS) is 1. The molecule has 0 amide bonds. The number of ketones is 1. The molecule has 2 rings (SSSR count). The van der Waals surface area contributed by atoms with Gasteiger partial charge in [-0.3, -0.25) is 9.59 Å². The molecular formula is C20H26O4S2. The molecule has 1 aromatic carbocycles. The number of carbonyl (C=O) groups is 2. The average Bonchev–Trinajstić information content (AvgIpc) is 2.97. The van der Waals surface area contributed by atoms with Crippen LogP contribution in [0.1, 0.15) is 24.8 Å². The van der Waals surface area contributed by atoms with Crippen LogP contribution in [0.2, 0.25) is 0 Å². The number of allylic oxidation sites excluding steroid dienone is 1. The molecule has 1 fully saturated rings. The number of thioether (sulfide) groups is 2. The predicted molar refractivity (Wildman–Crippen MR) is 109 cm³/mol. The van der Waals surface area contributed by atoms with Crippen molar-refractivity contribution in [2.24, 2.45) is 5.92 Å². The first-order valence-corrected chi connectivity index (χ1v) is 11.1. The number of rotatable bonds is 11. The quantitative estimate of drug-likeness (QED) is 0.442. The number of carbonyl (C=O) groups excluding carboxylic acids is 1. The Labute approximate surface area is 163 Å². The van der Waals surface area contributed by atoms with Crippen molar-refractivity contribution in [2.45, 2.75) is 37.0 Å². The molecule has 1 unspecified atom stereocenters. The van der Waals surface area contributed by atoms with E-state index >= 15 is 0 Å². The first kappa shape index (κ1) is 21.1. The Morgan fingerprint density at radius 3 is 2.77 bits per heavy atom. The van der Waals surface area contributed by atoms with Gasteiger partial charge in [0.1, 0.15) is 5.78 Å². The van der Waals surface area contributed by atoms with E-state index in [1.54, 1.807) is 11.8 Å². The van der Waals surface area contributed by atoms with Gasteiger partial charge in [0.25, 0.3) is 0 Å². The van der Waals surface area contributed by atoms with Gasteiger partial charge in [-0.2, -0.15) is 11.8 Å². The molecule has 2 N–H and O–H groups in total. The zero-order valence-corrected chi connectivity index (χ0v) is 16.4. The van der Waals surface area contributed by atoms with Gasteiger partial charge in [0.15, 0.2) is 0 Å². The molecule has 1 saturated carbocycles. The van der Waals surface area contributed by atoms with Crippen LogP contribution in [-0.4, -0.2) is 50.6 Å². The monoisotopic (exact) mass is 394 g/mol. The molecule has 142 valence electrons. The van der Waals surface area contributed by atoms with E-state index < -0.39 is 12.1 Å². The molecular weight excluding hydrogens is 368 g/mol. The van der Waals surface area contributed by atoms with Gasteiger partial charge in [0.05, 0.1) is 17.1 Å². The van der Waals surface area contributed by atoms with Crippen LogP contribution in [0.5, 0.6) is 0 Å². The first-order chi connectivity index (χ1) is 12.6. The van der Waals surface area contributed by atoms with Crippen molar-refractivity contribution < 1.29 is 19.8 Å². The van der Waals surface area contributed by atoms with Crippen LogP contribution in [0.15, 0.2) is 42.5 Å². The Morgan fingerprint density at radius 1 is 1.27 bits per heavy atom. The number of aliphatic hydroxyl groups excluding tert-OH is 1. The molecule has 0 spiro atoms. The van der Waals surface area contributed by atoms with Crippen molar-refractivity contribution in [3.8, 4) is 0 Å². The van der Waals surface area contributed by atoms with E-state index in [1.165, 1.54) is 11.8 Å². The fraction of sp³-hybridized carbons (Fsp3) is 0.500. The minimum absolute atomic E-state index is 0.0281. The zero-order chi connectivity index (χ0) is 18.8. The van der Waals surface area contributed by atoms with Crippen molar-refractivity contribution in [3.05, 3.63) is 48.0 Å². The van der Waals surface area contributed by atoms with Gasteiger partial charge >= 0.3 is 5.97 Å². The summed E-state index contributed by atoms with van der Waals surface area (Å²) in [6, 6.07) is 9.87. The summed E-state index contributed by atoms with van der Waals surface area (Å²) < 4.78 is 0. The lowest BCUT2D eigenvalue weighted by Crippen LogP contribution is -2.17. The highest BCUT2D eigenvalue weighted by atomic mass is 32.2. The third kappa shape index (κ3) is 7.56. The van der Waals surface area contributed by atoms with Crippen LogP contribution in [-0.2, 0) is 16.0 Å². The first-order valence-electron chi connectivity index (χ1n) is 8.90. The fourth-order valence-electron chi connectivity index (χ4n) is 2.98. The number of aliphatic carboxylic acids is 1. The predicted octanol–water partition coefficient (Wildman–Crippen LogP) is 3.44. The Balaban J connectivity index is 1.74. The van der Waals surface area contributed by atoms with Crippen LogP contribution >= 0.6 is 23.5 Å². The third-order valence-corrected chi connectivity index (χ3v) is 6.78. The number of hydrogen-bond acceptors (Lipinski definition) is 5. The van der Waals surface area contributed by atoms with Crippen LogP contribution in [0.4, 0.5) is 0 Å². The summed E-state index contributed by atoms with van der Waals surface area (Å²) in [5.74, 6) is 1.49. The van der Waals surface area contributed by atoms with Crippen molar-refractivity contribution in [1.29, 1.82) is 0 Å². The number of benzene rings is 1. The van der Waals surface area contributed by atoms with Gasteiger partial charge in [0.2, 0.25) is 0 Å². The highest BCUT2D eigenvalue weighted by Crippen LogP contribution is 2.34. The summed E-state index contributed by atoms with van der Waals surface area (Å²) in [5.41, 5.74) is 1.09. The van der Waals surface area contributed by atoms with Crippen molar-refractivity contribution in [1.82, 2.24) is 0 Å². The topological polar surface area (TPSA) is 74.6 Å². The summed E-state index contributed by atoms with van der Waals surface area (Å²) in [6.07, 6.45) is 6.23. The second kappa shape index (κ2) is 11.5. The van der Waals surface area contributed by atoms with Crippen molar-refractivity contribution >= 4 is 35.3 Å². The van der Waals surface area contributed by atoms with Crippen LogP contribution in [0.3, 0.4) is 0 Å². The van der Waals surface area contributed by atoms with Gasteiger partial charge in [-0.05, 0) is 35.8 Å². The van der Waals surface area contributed by atoms with E-state index in [1.807, 2.05) is 42.5 Å². The van der Waals surface area contributed by atoms with E-state index in [2.05, 4.69) is 0 Å². The number of Topliss-reactive ketones (excluding diaryl/α,β-unsaturated/α-hetero) is 1. The minimum atomic E-state index is -0.784. The summed E-state index contributed by atoms with van der Waals surface area (Å²) in [6.45, 7) is 0. The largest absolute Gasteiger partial charge is 0.481 e. The van der Waals surface area contributed by atoms with Crippen molar-refractivity contribution in [3.63, 3.8) is 0 Å². The SMILES string of the molecule is O=C(O)CSCCCS[C@H]1C(=O)CCC1/C=C/[C@H](O)Cc1ccccc1. The number of carboxylic acids is 1. The molecule has 6 heteroatoms. The van der Waals surface area contributed by atoms with Gasteiger partial charge in [-0.25, -0.2) is 0 Å². The molecule has 4 nitrogen and oxygen atoms in total. The van der Waals surface area contributed by atoms with Gasteiger partial charge in [0, 0.05) is 12.8 Å². The smallest absolute Gasteiger partial charge is 0.313 e. The highest BCUT2D eigenvalue weighted by Gasteiger charge is 2.33.